The van der Waals surface area contributed by atoms with Crippen LogP contribution in [0.1, 0.15) is 71.8 Å². The van der Waals surface area contributed by atoms with E-state index in [9.17, 15) is 14.4 Å². The van der Waals surface area contributed by atoms with Gasteiger partial charge < -0.3 is 20.7 Å². The minimum Gasteiger partial charge on any atom is -0.444 e. The van der Waals surface area contributed by atoms with Gasteiger partial charge in [-0.25, -0.2) is 9.78 Å². The third kappa shape index (κ3) is 5.77. The minimum absolute atomic E-state index is 0.118. The van der Waals surface area contributed by atoms with Gasteiger partial charge >= 0.3 is 17.9 Å². The predicted molar refractivity (Wildman–Crippen MR) is 134 cm³/mol. The molecule has 3 fully saturated rings. The van der Waals surface area contributed by atoms with E-state index in [2.05, 4.69) is 22.5 Å². The van der Waals surface area contributed by atoms with Crippen molar-refractivity contribution in [2.75, 3.05) is 17.2 Å². The second kappa shape index (κ2) is 9.41. The molecule has 9 heteroatoms. The summed E-state index contributed by atoms with van der Waals surface area (Å²) in [5, 5.41) is 5.31. The maximum atomic E-state index is 13.2. The van der Waals surface area contributed by atoms with Crippen LogP contribution in [0.4, 0.5) is 16.3 Å². The highest BCUT2D eigenvalue weighted by Gasteiger charge is 2.55. The summed E-state index contributed by atoms with van der Waals surface area (Å²) in [6, 6.07) is 2.12. The lowest BCUT2D eigenvalue weighted by Crippen LogP contribution is -2.60. The first kappa shape index (κ1) is 25.4. The van der Waals surface area contributed by atoms with Crippen molar-refractivity contribution in [3.8, 4) is 0 Å². The number of nitrogens with two attached hydrogens (primary N) is 1. The van der Waals surface area contributed by atoms with E-state index in [0.717, 1.165) is 38.5 Å². The summed E-state index contributed by atoms with van der Waals surface area (Å²) < 4.78 is 5.25. The van der Waals surface area contributed by atoms with E-state index in [1.54, 1.807) is 38.7 Å². The Labute approximate surface area is 207 Å². The lowest BCUT2D eigenvalue weighted by atomic mass is 9.48. The number of aromatic nitrogens is 1. The van der Waals surface area contributed by atoms with E-state index >= 15 is 0 Å². The van der Waals surface area contributed by atoms with Crippen LogP contribution in [0.2, 0.25) is 0 Å². The van der Waals surface area contributed by atoms with Crippen LogP contribution in [0.3, 0.4) is 0 Å². The summed E-state index contributed by atoms with van der Waals surface area (Å²) in [4.78, 5) is 44.2. The average molecular weight is 486 g/mol. The van der Waals surface area contributed by atoms with E-state index in [1.165, 1.54) is 6.20 Å². The van der Waals surface area contributed by atoms with Gasteiger partial charge in [0.25, 0.3) is 0 Å². The van der Waals surface area contributed by atoms with Crippen LogP contribution in [-0.4, -0.2) is 52.0 Å². The molecule has 0 radical (unpaired) electrons. The van der Waals surface area contributed by atoms with Gasteiger partial charge in [0.15, 0.2) is 0 Å². The van der Waals surface area contributed by atoms with Crippen LogP contribution in [-0.2, 0) is 14.3 Å². The zero-order chi connectivity index (χ0) is 25.5. The molecule has 3 amide bonds. The average Bonchev–Trinajstić information content (AvgIpc) is 2.70. The molecule has 1 spiro atoms. The van der Waals surface area contributed by atoms with Crippen molar-refractivity contribution in [1.82, 2.24) is 9.88 Å². The number of likely N-dealkylation sites (tertiary alicyclic amines) is 1. The van der Waals surface area contributed by atoms with Gasteiger partial charge in [-0.05, 0) is 95.1 Å². The van der Waals surface area contributed by atoms with Crippen molar-refractivity contribution < 1.29 is 19.1 Å². The molecule has 2 saturated carbocycles. The van der Waals surface area contributed by atoms with Crippen molar-refractivity contribution in [2.24, 2.45) is 23.0 Å². The van der Waals surface area contributed by atoms with Crippen molar-refractivity contribution in [1.29, 1.82) is 0 Å². The smallest absolute Gasteiger partial charge is 0.413 e. The van der Waals surface area contributed by atoms with Gasteiger partial charge in [-0.3, -0.25) is 14.9 Å². The fourth-order valence-electron chi connectivity index (χ4n) is 6.10. The summed E-state index contributed by atoms with van der Waals surface area (Å²) in [5.74, 6) is 0.0209. The molecule has 9 nitrogen and oxygen atoms in total. The zero-order valence-electron chi connectivity index (χ0n) is 21.5. The molecule has 192 valence electrons. The number of ether oxygens (including phenoxy) is 1. The summed E-state index contributed by atoms with van der Waals surface area (Å²) in [6.45, 7) is 9.84. The number of carbonyl (C=O) groups is 3. The normalized spacial score (nSPS) is 30.2. The Kier molecular flexibility index (Phi) is 6.83. The molecule has 1 aromatic heterocycles. The summed E-state index contributed by atoms with van der Waals surface area (Å²) in [5.41, 5.74) is 6.83. The molecule has 35 heavy (non-hydrogen) atoms. The lowest BCUT2D eigenvalue weighted by Gasteiger charge is -2.60. The first-order valence-corrected chi connectivity index (χ1v) is 12.7. The molecule has 1 aliphatic heterocycles. The molecule has 2 heterocycles. The Balaban J connectivity index is 1.37. The van der Waals surface area contributed by atoms with E-state index in [1.807, 2.05) is 0 Å². The highest BCUT2D eigenvalue weighted by atomic mass is 16.6. The SMILES string of the molecule is Cc1cc(NC(=O)C(=O)N2C[C@@H](C)CC[C@@H]2C2CC3(CC(N)C3)C2)cnc1NC(=O)OC(C)(C)C. The largest absolute Gasteiger partial charge is 0.444 e. The highest BCUT2D eigenvalue weighted by molar-refractivity contribution is 6.39. The van der Waals surface area contributed by atoms with Crippen molar-refractivity contribution in [3.63, 3.8) is 0 Å². The molecule has 0 aromatic carbocycles. The molecule has 0 bridgehead atoms. The van der Waals surface area contributed by atoms with Gasteiger partial charge in [-0.15, -0.1) is 0 Å². The first-order valence-electron chi connectivity index (χ1n) is 12.7. The van der Waals surface area contributed by atoms with Crippen LogP contribution >= 0.6 is 0 Å². The first-order chi connectivity index (χ1) is 16.3. The number of hydrogen-bond acceptors (Lipinski definition) is 6. The number of hydrogen-bond donors (Lipinski definition) is 3. The number of pyridine rings is 1. The number of amides is 3. The number of piperidine rings is 1. The molecular weight excluding hydrogens is 446 g/mol. The van der Waals surface area contributed by atoms with Gasteiger partial charge in [0.05, 0.1) is 11.9 Å². The van der Waals surface area contributed by atoms with Crippen LogP contribution in [0, 0.1) is 24.2 Å². The van der Waals surface area contributed by atoms with E-state index in [-0.39, 0.29) is 6.04 Å². The maximum Gasteiger partial charge on any atom is 0.413 e. The second-order valence-corrected chi connectivity index (χ2v) is 12.0. The maximum absolute atomic E-state index is 13.2. The van der Waals surface area contributed by atoms with Crippen LogP contribution in [0.15, 0.2) is 12.3 Å². The third-order valence-electron chi connectivity index (χ3n) is 7.60. The number of carbonyl (C=O) groups excluding carboxylic acids is 3. The quantitative estimate of drug-likeness (QED) is 0.559. The van der Waals surface area contributed by atoms with Crippen LogP contribution < -0.4 is 16.4 Å². The van der Waals surface area contributed by atoms with Gasteiger partial charge in [0.2, 0.25) is 0 Å². The summed E-state index contributed by atoms with van der Waals surface area (Å²) >= 11 is 0. The molecule has 2 atom stereocenters. The Morgan fingerprint density at radius 2 is 1.83 bits per heavy atom. The van der Waals surface area contributed by atoms with Crippen molar-refractivity contribution >= 4 is 29.4 Å². The molecule has 1 aromatic rings. The van der Waals surface area contributed by atoms with Crippen LogP contribution in [0.25, 0.3) is 0 Å². The standard InChI is InChI=1S/C26H39N5O4/c1-15-6-7-20(17-9-26(10-17)11-18(27)12-26)31(14-15)23(33)22(32)29-19-8-16(2)21(28-13-19)30-24(34)35-25(3,4)5/h8,13,15,17-18,20H,6-7,9-12,14,27H2,1-5H3,(H,29,32)(H,28,30,34)/t15-,17?,18?,20+,26?/m0/s1. The molecule has 2 aliphatic carbocycles. The summed E-state index contributed by atoms with van der Waals surface area (Å²) in [7, 11) is 0. The van der Waals surface area contributed by atoms with Crippen molar-refractivity contribution in [3.05, 3.63) is 17.8 Å². The van der Waals surface area contributed by atoms with E-state index in [0.29, 0.717) is 46.9 Å². The molecule has 4 rings (SSSR count). The van der Waals surface area contributed by atoms with Crippen molar-refractivity contribution in [2.45, 2.75) is 90.8 Å². The molecule has 0 unspecified atom stereocenters. The monoisotopic (exact) mass is 485 g/mol. The fraction of sp³-hybridized carbons (Fsp3) is 0.692. The van der Waals surface area contributed by atoms with Gasteiger partial charge in [-0.1, -0.05) is 6.92 Å². The van der Waals surface area contributed by atoms with E-state index < -0.39 is 23.5 Å². The summed E-state index contributed by atoms with van der Waals surface area (Å²) in [6.07, 6.45) is 7.25. The number of anilines is 2. The van der Waals surface area contributed by atoms with Gasteiger partial charge in [0.1, 0.15) is 11.4 Å². The topological polar surface area (TPSA) is 127 Å². The molecule has 1 saturated heterocycles. The number of nitrogens with zero attached hydrogens (tertiary/aromatic N) is 2. The predicted octanol–water partition coefficient (Wildman–Crippen LogP) is 3.82. The Morgan fingerprint density at radius 3 is 2.43 bits per heavy atom. The molecule has 4 N–H and O–H groups in total. The Morgan fingerprint density at radius 1 is 1.14 bits per heavy atom. The zero-order valence-corrected chi connectivity index (χ0v) is 21.5. The highest BCUT2D eigenvalue weighted by Crippen LogP contribution is 2.60. The van der Waals surface area contributed by atoms with Crippen LogP contribution in [0.5, 0.6) is 0 Å². The van der Waals surface area contributed by atoms with E-state index in [4.69, 9.17) is 10.5 Å². The number of rotatable bonds is 3. The van der Waals surface area contributed by atoms with Gasteiger partial charge in [0, 0.05) is 18.6 Å². The second-order valence-electron chi connectivity index (χ2n) is 12.0. The minimum atomic E-state index is -0.655. The molecular formula is C26H39N5O4. The van der Waals surface area contributed by atoms with Gasteiger partial charge in [-0.2, -0.15) is 0 Å². The Hall–Kier alpha value is -2.68. The number of nitrogens with one attached hydrogen (secondary N) is 2. The fourth-order valence-corrected chi connectivity index (χ4v) is 6.10. The lowest BCUT2D eigenvalue weighted by molar-refractivity contribution is -0.152. The Bertz CT molecular complexity index is 990. The molecule has 3 aliphatic rings. The number of aryl methyl sites for hydroxylation is 1. The third-order valence-corrected chi connectivity index (χ3v) is 7.60.